The molecule has 10 heteroatoms. The van der Waals surface area contributed by atoms with Crippen molar-refractivity contribution in [3.8, 4) is 0 Å². The summed E-state index contributed by atoms with van der Waals surface area (Å²) in [6.07, 6.45) is 1.61. The maximum atomic E-state index is 12.2. The van der Waals surface area contributed by atoms with Crippen LogP contribution in [0.3, 0.4) is 0 Å². The van der Waals surface area contributed by atoms with Crippen molar-refractivity contribution >= 4 is 38.7 Å². The number of hydrogen-bond acceptors (Lipinski definition) is 8. The van der Waals surface area contributed by atoms with Crippen LogP contribution in [0.1, 0.15) is 20.4 Å². The Morgan fingerprint density at radius 3 is 2.80 bits per heavy atom. The average Bonchev–Trinajstić information content (AvgIpc) is 3.04. The van der Waals surface area contributed by atoms with E-state index in [1.807, 2.05) is 6.92 Å². The first-order valence-electron chi connectivity index (χ1n) is 5.37. The number of nitrogens with one attached hydrogen (secondary N) is 1. The van der Waals surface area contributed by atoms with Gasteiger partial charge in [0.15, 0.2) is 9.90 Å². The predicted molar refractivity (Wildman–Crippen MR) is 74.3 cm³/mol. The summed E-state index contributed by atoms with van der Waals surface area (Å²) < 4.78 is 31.1. The zero-order valence-corrected chi connectivity index (χ0v) is 13.1. The second-order valence-corrected chi connectivity index (χ2v) is 7.79. The van der Waals surface area contributed by atoms with Crippen molar-refractivity contribution in [1.29, 1.82) is 0 Å². The summed E-state index contributed by atoms with van der Waals surface area (Å²) >= 11 is 2.26. The van der Waals surface area contributed by atoms with Crippen LogP contribution >= 0.6 is 22.7 Å². The van der Waals surface area contributed by atoms with Gasteiger partial charge < -0.3 is 4.74 Å². The Balaban J connectivity index is 2.18. The normalized spacial score (nSPS) is 11.5. The van der Waals surface area contributed by atoms with Gasteiger partial charge in [0.1, 0.15) is 0 Å². The van der Waals surface area contributed by atoms with Crippen molar-refractivity contribution in [3.63, 3.8) is 0 Å². The predicted octanol–water partition coefficient (Wildman–Crippen LogP) is 1.17. The molecule has 0 spiro atoms. The van der Waals surface area contributed by atoms with E-state index in [0.29, 0.717) is 0 Å². The van der Waals surface area contributed by atoms with Crippen molar-refractivity contribution in [2.24, 2.45) is 0 Å². The molecule has 0 saturated heterocycles. The smallest absolute Gasteiger partial charge is 0.358 e. The van der Waals surface area contributed by atoms with Crippen molar-refractivity contribution in [1.82, 2.24) is 14.7 Å². The minimum Gasteiger partial charge on any atom is -0.464 e. The van der Waals surface area contributed by atoms with Crippen LogP contribution in [0.15, 0.2) is 15.9 Å². The van der Waals surface area contributed by atoms with Crippen LogP contribution in [0.5, 0.6) is 0 Å². The quantitative estimate of drug-likeness (QED) is 0.825. The largest absolute Gasteiger partial charge is 0.464 e. The van der Waals surface area contributed by atoms with Crippen LogP contribution in [0, 0.1) is 6.92 Å². The Morgan fingerprint density at radius 2 is 2.20 bits per heavy atom. The molecule has 0 radical (unpaired) electrons. The Bertz CT molecular complexity index is 720. The van der Waals surface area contributed by atoms with Crippen LogP contribution in [0.25, 0.3) is 0 Å². The van der Waals surface area contributed by atoms with E-state index in [1.54, 1.807) is 6.20 Å². The third-order valence-electron chi connectivity index (χ3n) is 2.26. The highest BCUT2D eigenvalue weighted by molar-refractivity contribution is 7.91. The first-order chi connectivity index (χ1) is 9.44. The molecule has 0 amide bonds. The van der Waals surface area contributed by atoms with Gasteiger partial charge in [-0.25, -0.2) is 27.9 Å². The van der Waals surface area contributed by atoms with E-state index in [1.165, 1.54) is 24.0 Å². The topological polar surface area (TPSA) is 98.2 Å². The number of carbonyl (C=O) groups is 1. The summed E-state index contributed by atoms with van der Waals surface area (Å²) in [5, 5.41) is 0.854. The molecule has 2 rings (SSSR count). The van der Waals surface area contributed by atoms with Gasteiger partial charge in [-0.2, -0.15) is 0 Å². The zero-order valence-electron chi connectivity index (χ0n) is 10.6. The van der Waals surface area contributed by atoms with Gasteiger partial charge in [-0.3, -0.25) is 0 Å². The molecule has 0 aromatic carbocycles. The fraction of sp³-hybridized carbons (Fsp3) is 0.300. The van der Waals surface area contributed by atoms with Crippen LogP contribution < -0.4 is 4.72 Å². The number of ether oxygens (including phenoxy) is 1. The Hall–Kier alpha value is -1.36. The molecule has 7 nitrogen and oxygen atoms in total. The maximum Gasteiger partial charge on any atom is 0.358 e. The fourth-order valence-corrected chi connectivity index (χ4v) is 4.38. The van der Waals surface area contributed by atoms with Gasteiger partial charge in [-0.1, -0.05) is 0 Å². The van der Waals surface area contributed by atoms with Gasteiger partial charge in [0.2, 0.25) is 0 Å². The molecular weight excluding hydrogens is 322 g/mol. The number of methoxy groups -OCH3 is 1. The lowest BCUT2D eigenvalue weighted by Crippen LogP contribution is -2.24. The van der Waals surface area contributed by atoms with Crippen LogP contribution in [-0.4, -0.2) is 31.5 Å². The number of aromatic nitrogens is 2. The monoisotopic (exact) mass is 333 g/mol. The molecule has 0 bridgehead atoms. The second kappa shape index (κ2) is 5.95. The molecule has 108 valence electrons. The number of esters is 1. The SMILES string of the molecule is COC(=O)c1ncsc1S(=O)(=O)NCc1cnc(C)s1. The zero-order chi connectivity index (χ0) is 14.8. The van der Waals surface area contributed by atoms with Gasteiger partial charge in [0, 0.05) is 17.6 Å². The summed E-state index contributed by atoms with van der Waals surface area (Å²) in [5.74, 6) is -0.778. The molecule has 0 aliphatic heterocycles. The number of nitrogens with zero attached hydrogens (tertiary/aromatic N) is 2. The molecule has 0 aliphatic rings. The summed E-state index contributed by atoms with van der Waals surface area (Å²) in [6.45, 7) is 1.95. The number of sulfonamides is 1. The lowest BCUT2D eigenvalue weighted by molar-refractivity contribution is 0.0590. The first kappa shape index (κ1) is 15.0. The molecule has 1 N–H and O–H groups in total. The molecule has 20 heavy (non-hydrogen) atoms. The molecule has 2 aromatic rings. The molecule has 0 saturated carbocycles. The number of carbonyl (C=O) groups excluding carboxylic acids is 1. The summed E-state index contributed by atoms with van der Waals surface area (Å²) in [7, 11) is -2.64. The standard InChI is InChI=1S/C10H11N3O4S3/c1-6-11-3-7(19-6)4-13-20(15,16)10-8(9(14)17-2)12-5-18-10/h3,5,13H,4H2,1-2H3. The molecular formula is C10H11N3O4S3. The Kier molecular flexibility index (Phi) is 4.48. The lowest BCUT2D eigenvalue weighted by atomic mass is 10.5. The second-order valence-electron chi connectivity index (χ2n) is 3.65. The van der Waals surface area contributed by atoms with Gasteiger partial charge >= 0.3 is 5.97 Å². The highest BCUT2D eigenvalue weighted by atomic mass is 32.2. The van der Waals surface area contributed by atoms with E-state index < -0.39 is 16.0 Å². The molecule has 2 aromatic heterocycles. The molecule has 0 fully saturated rings. The minimum atomic E-state index is -3.81. The van der Waals surface area contributed by atoms with E-state index >= 15 is 0 Å². The van der Waals surface area contributed by atoms with E-state index in [4.69, 9.17) is 0 Å². The summed E-state index contributed by atoms with van der Waals surface area (Å²) in [4.78, 5) is 20.0. The lowest BCUT2D eigenvalue weighted by Gasteiger charge is -2.04. The number of thiazole rings is 2. The van der Waals surface area contributed by atoms with Gasteiger partial charge in [-0.05, 0) is 6.92 Å². The minimum absolute atomic E-state index is 0.117. The van der Waals surface area contributed by atoms with Crippen molar-refractivity contribution in [2.75, 3.05) is 7.11 Å². The van der Waals surface area contributed by atoms with Crippen molar-refractivity contribution in [2.45, 2.75) is 17.7 Å². The maximum absolute atomic E-state index is 12.2. The average molecular weight is 333 g/mol. The highest BCUT2D eigenvalue weighted by Crippen LogP contribution is 2.21. The van der Waals surface area contributed by atoms with E-state index in [9.17, 15) is 13.2 Å². The van der Waals surface area contributed by atoms with Gasteiger partial charge in [0.25, 0.3) is 10.0 Å². The molecule has 2 heterocycles. The first-order valence-corrected chi connectivity index (χ1v) is 8.54. The molecule has 0 unspecified atom stereocenters. The third kappa shape index (κ3) is 3.20. The Morgan fingerprint density at radius 1 is 1.45 bits per heavy atom. The summed E-state index contributed by atoms with van der Waals surface area (Å²) in [6, 6.07) is 0. The van der Waals surface area contributed by atoms with E-state index in [2.05, 4.69) is 19.4 Å². The molecule has 0 atom stereocenters. The van der Waals surface area contributed by atoms with E-state index in [0.717, 1.165) is 21.2 Å². The fourth-order valence-electron chi connectivity index (χ4n) is 1.38. The van der Waals surface area contributed by atoms with Crippen LogP contribution in [0.4, 0.5) is 0 Å². The third-order valence-corrected chi connectivity index (χ3v) is 5.95. The van der Waals surface area contributed by atoms with Crippen molar-refractivity contribution in [3.05, 3.63) is 27.3 Å². The number of aryl methyl sites for hydroxylation is 1. The van der Waals surface area contributed by atoms with Gasteiger partial charge in [-0.15, -0.1) is 22.7 Å². The highest BCUT2D eigenvalue weighted by Gasteiger charge is 2.26. The Labute approximate surface area is 123 Å². The van der Waals surface area contributed by atoms with Crippen LogP contribution in [0.2, 0.25) is 0 Å². The van der Waals surface area contributed by atoms with Crippen LogP contribution in [-0.2, 0) is 21.3 Å². The molecule has 0 aliphatic carbocycles. The number of hydrogen-bond donors (Lipinski definition) is 1. The van der Waals surface area contributed by atoms with E-state index in [-0.39, 0.29) is 16.4 Å². The van der Waals surface area contributed by atoms with Crippen molar-refractivity contribution < 1.29 is 17.9 Å². The van der Waals surface area contributed by atoms with Gasteiger partial charge in [0.05, 0.1) is 17.6 Å². The number of rotatable bonds is 5. The summed E-state index contributed by atoms with van der Waals surface area (Å²) in [5.41, 5.74) is 1.09.